The number of aromatic amines is 1. The normalized spacial score (nSPS) is 22.6. The summed E-state index contributed by atoms with van der Waals surface area (Å²) >= 11 is 0. The van der Waals surface area contributed by atoms with Gasteiger partial charge in [0, 0.05) is 34.7 Å². The zero-order chi connectivity index (χ0) is 23.4. The van der Waals surface area contributed by atoms with E-state index < -0.39 is 5.41 Å². The molecule has 0 saturated heterocycles. The van der Waals surface area contributed by atoms with Crippen LogP contribution in [0.3, 0.4) is 0 Å². The number of rotatable bonds is 5. The molecule has 2 atom stereocenters. The first-order chi connectivity index (χ1) is 16.4. The fraction of sp³-hybridized carbons (Fsp3) is 0.214. The van der Waals surface area contributed by atoms with Gasteiger partial charge in [-0.15, -0.1) is 0 Å². The Balaban J connectivity index is 1.27. The van der Waals surface area contributed by atoms with Gasteiger partial charge in [-0.25, -0.2) is 4.39 Å². The van der Waals surface area contributed by atoms with E-state index in [0.717, 1.165) is 45.4 Å². The Morgan fingerprint density at radius 3 is 2.85 bits per heavy atom. The molecule has 3 aromatic rings. The zero-order valence-electron chi connectivity index (χ0n) is 18.9. The topological polar surface area (TPSA) is 61.0 Å². The first kappa shape index (κ1) is 20.6. The van der Waals surface area contributed by atoms with Crippen LogP contribution in [-0.4, -0.2) is 41.6 Å². The molecule has 0 bridgehead atoms. The zero-order valence-corrected chi connectivity index (χ0v) is 18.9. The van der Waals surface area contributed by atoms with Crippen LogP contribution in [-0.2, 0) is 10.2 Å². The van der Waals surface area contributed by atoms with Crippen LogP contribution in [0.5, 0.6) is 0 Å². The summed E-state index contributed by atoms with van der Waals surface area (Å²) in [5.41, 5.74) is 12.0. The molecule has 2 heterocycles. The highest BCUT2D eigenvalue weighted by atomic mass is 19.1. The second kappa shape index (κ2) is 7.54. The van der Waals surface area contributed by atoms with E-state index in [-0.39, 0.29) is 17.6 Å². The summed E-state index contributed by atoms with van der Waals surface area (Å²) in [6.45, 7) is 0.831. The minimum atomic E-state index is -0.668. The first-order valence-corrected chi connectivity index (χ1v) is 11.3. The van der Waals surface area contributed by atoms with Crippen molar-refractivity contribution < 1.29 is 9.18 Å². The molecular formula is C28H23FN4O. The number of H-pyrrole nitrogens is 1. The maximum atomic E-state index is 13.9. The molecule has 0 radical (unpaired) electrons. The second-order valence-corrected chi connectivity index (χ2v) is 9.42. The fourth-order valence-corrected chi connectivity index (χ4v) is 5.09. The second-order valence-electron chi connectivity index (χ2n) is 9.42. The molecule has 5 nitrogen and oxygen atoms in total. The Hall–Kier alpha value is -3.95. The van der Waals surface area contributed by atoms with Crippen LogP contribution >= 0.6 is 0 Å². The molecule has 1 aromatic heterocycles. The third kappa shape index (κ3) is 3.28. The van der Waals surface area contributed by atoms with Gasteiger partial charge in [-0.2, -0.15) is 5.10 Å². The number of fused-ring (bicyclic) bond motifs is 3. The Morgan fingerprint density at radius 2 is 2.06 bits per heavy atom. The highest BCUT2D eigenvalue weighted by Crippen LogP contribution is 2.65. The highest BCUT2D eigenvalue weighted by Gasteiger charge is 2.65. The van der Waals surface area contributed by atoms with Crippen LogP contribution in [0.15, 0.2) is 77.2 Å². The monoisotopic (exact) mass is 450 g/mol. The summed E-state index contributed by atoms with van der Waals surface area (Å²) in [7, 11) is 4.06. The van der Waals surface area contributed by atoms with Gasteiger partial charge in [0.1, 0.15) is 5.82 Å². The molecule has 34 heavy (non-hydrogen) atoms. The minimum Gasteiger partial charge on any atom is -0.325 e. The molecule has 3 aliphatic rings. The van der Waals surface area contributed by atoms with Gasteiger partial charge in [0.25, 0.3) is 0 Å². The average Bonchev–Trinajstić information content (AvgIpc) is 3.36. The van der Waals surface area contributed by atoms with Gasteiger partial charge >= 0.3 is 0 Å². The van der Waals surface area contributed by atoms with Gasteiger partial charge in [-0.05, 0) is 80.2 Å². The lowest BCUT2D eigenvalue weighted by atomic mass is 9.91. The van der Waals surface area contributed by atoms with Crippen molar-refractivity contribution in [3.8, 4) is 0 Å². The lowest BCUT2D eigenvalue weighted by molar-refractivity contribution is -0.118. The third-order valence-corrected chi connectivity index (χ3v) is 6.83. The summed E-state index contributed by atoms with van der Waals surface area (Å²) < 4.78 is 13.9. The molecule has 168 valence electrons. The van der Waals surface area contributed by atoms with E-state index in [1.54, 1.807) is 6.07 Å². The number of benzene rings is 2. The van der Waals surface area contributed by atoms with Gasteiger partial charge in [0.15, 0.2) is 0 Å². The van der Waals surface area contributed by atoms with Crippen LogP contribution in [0.4, 0.5) is 10.1 Å². The molecule has 1 saturated carbocycles. The molecule has 2 unspecified atom stereocenters. The smallest absolute Gasteiger partial charge is 0.235 e. The van der Waals surface area contributed by atoms with E-state index in [1.165, 1.54) is 12.1 Å². The lowest BCUT2D eigenvalue weighted by Gasteiger charge is -2.09. The van der Waals surface area contributed by atoms with Crippen molar-refractivity contribution in [2.24, 2.45) is 0 Å². The first-order valence-electron chi connectivity index (χ1n) is 11.3. The van der Waals surface area contributed by atoms with Crippen LogP contribution in [0, 0.1) is 5.82 Å². The van der Waals surface area contributed by atoms with Gasteiger partial charge in [0.2, 0.25) is 5.91 Å². The molecular weight excluding hydrogens is 427 g/mol. The Labute approximate surface area is 196 Å². The number of anilines is 1. The largest absolute Gasteiger partial charge is 0.325 e. The number of likely N-dealkylation sites (N-methyl/N-ethyl adjacent to an activating group) is 1. The van der Waals surface area contributed by atoms with E-state index in [4.69, 9.17) is 0 Å². The number of nitrogens with zero attached hydrogens (tertiary/aromatic N) is 2. The third-order valence-electron chi connectivity index (χ3n) is 6.83. The maximum Gasteiger partial charge on any atom is 0.235 e. The Bertz CT molecular complexity index is 1530. The Kier molecular flexibility index (Phi) is 4.58. The number of hydrogen-bond acceptors (Lipinski definition) is 3. The predicted octanol–water partition coefficient (Wildman–Crippen LogP) is 4.83. The van der Waals surface area contributed by atoms with E-state index in [9.17, 15) is 9.18 Å². The van der Waals surface area contributed by atoms with E-state index >= 15 is 0 Å². The van der Waals surface area contributed by atoms with Crippen LogP contribution < -0.4 is 5.32 Å². The molecule has 1 amide bonds. The van der Waals surface area contributed by atoms with Crippen LogP contribution in [0.25, 0.3) is 17.0 Å². The molecule has 2 aromatic carbocycles. The van der Waals surface area contributed by atoms with E-state index in [0.29, 0.717) is 12.1 Å². The van der Waals surface area contributed by atoms with Crippen molar-refractivity contribution in [3.05, 3.63) is 99.9 Å². The molecule has 1 aliphatic heterocycles. The number of carbonyl (C=O) groups excluding carboxylic acids is 1. The summed E-state index contributed by atoms with van der Waals surface area (Å²) in [6, 6.07) is 10.7. The maximum absolute atomic E-state index is 13.9. The van der Waals surface area contributed by atoms with E-state index in [2.05, 4.69) is 50.1 Å². The van der Waals surface area contributed by atoms with Crippen molar-refractivity contribution in [2.45, 2.75) is 17.8 Å². The number of allylic oxidation sites excluding steroid dienone is 3. The van der Waals surface area contributed by atoms with Crippen molar-refractivity contribution in [1.82, 2.24) is 15.1 Å². The predicted molar refractivity (Wildman–Crippen MR) is 131 cm³/mol. The van der Waals surface area contributed by atoms with Crippen molar-refractivity contribution in [1.29, 1.82) is 0 Å². The van der Waals surface area contributed by atoms with Crippen molar-refractivity contribution >= 4 is 28.6 Å². The van der Waals surface area contributed by atoms with Gasteiger partial charge in [-0.1, -0.05) is 23.6 Å². The number of amides is 1. The average molecular weight is 451 g/mol. The number of nitrogens with one attached hydrogen (secondary N) is 2. The number of halogens is 1. The van der Waals surface area contributed by atoms with E-state index in [1.807, 2.05) is 38.4 Å². The SMILES string of the molecule is CN(C)CC1=C=C=C(/C=C/c2n[nH]c3cc(C4CC45C(=O)Nc4ccc(F)cc45)ccc23)C=C1. The summed E-state index contributed by atoms with van der Waals surface area (Å²) in [4.78, 5) is 14.9. The standard InChI is InChI=1S/C28H23FN4O/c1-33(2)16-18-5-3-17(4-6-18)7-11-24-21-10-8-19(13-26(21)32-31-24)23-15-28(23)22-14-20(29)9-12-25(22)30-27(28)34/h3,5,7-14,23H,15-16H2,1-2H3,(H,30,34)(H,31,32)/b11-7+. The molecule has 6 rings (SSSR count). The fourth-order valence-electron chi connectivity index (χ4n) is 5.09. The number of carbonyl (C=O) groups is 1. The highest BCUT2D eigenvalue weighted by molar-refractivity contribution is 6.09. The van der Waals surface area contributed by atoms with Gasteiger partial charge < -0.3 is 10.2 Å². The number of aromatic nitrogens is 2. The van der Waals surface area contributed by atoms with Gasteiger partial charge in [0.05, 0.1) is 16.6 Å². The van der Waals surface area contributed by atoms with Crippen LogP contribution in [0.1, 0.15) is 29.2 Å². The molecule has 1 fully saturated rings. The summed E-state index contributed by atoms with van der Waals surface area (Å²) in [6.07, 6.45) is 8.70. The summed E-state index contributed by atoms with van der Waals surface area (Å²) in [5, 5.41) is 11.5. The lowest BCUT2D eigenvalue weighted by Crippen LogP contribution is -2.21. The van der Waals surface area contributed by atoms with Crippen molar-refractivity contribution in [3.63, 3.8) is 0 Å². The molecule has 2 aliphatic carbocycles. The van der Waals surface area contributed by atoms with Crippen molar-refractivity contribution in [2.75, 3.05) is 26.0 Å². The molecule has 1 spiro atoms. The minimum absolute atomic E-state index is 0.0214. The number of hydrogen-bond donors (Lipinski definition) is 2. The quantitative estimate of drug-likeness (QED) is 0.548. The summed E-state index contributed by atoms with van der Waals surface area (Å²) in [5.74, 6) is -0.341. The molecule has 6 heteroatoms. The van der Waals surface area contributed by atoms with Gasteiger partial charge in [-0.3, -0.25) is 9.89 Å². The van der Waals surface area contributed by atoms with Crippen LogP contribution in [0.2, 0.25) is 0 Å². The molecule has 2 N–H and O–H groups in total. The Morgan fingerprint density at radius 1 is 1.18 bits per heavy atom.